The van der Waals surface area contributed by atoms with Crippen LogP contribution in [0.15, 0.2) is 23.8 Å². The summed E-state index contributed by atoms with van der Waals surface area (Å²) in [5, 5.41) is 19.3. The summed E-state index contributed by atoms with van der Waals surface area (Å²) < 4.78 is 43.7. The van der Waals surface area contributed by atoms with Crippen LogP contribution >= 0.6 is 26.7 Å². The molecule has 2 saturated heterocycles. The quantitative estimate of drug-likeness (QED) is 0.0893. The number of ether oxygens (including phenoxy) is 2. The molecule has 0 aliphatic carbocycles. The van der Waals surface area contributed by atoms with Gasteiger partial charge in [-0.3, -0.25) is 23.4 Å². The van der Waals surface area contributed by atoms with Gasteiger partial charge in [0, 0.05) is 18.1 Å². The molecule has 25 heteroatoms. The van der Waals surface area contributed by atoms with Crippen molar-refractivity contribution in [2.75, 3.05) is 31.8 Å². The van der Waals surface area contributed by atoms with Crippen LogP contribution in [0.3, 0.4) is 0 Å². The standard InChI is InChI=1S/C23H30N10O11P2S2/c1-23(15(43-45(37)38)14(40-2)20(42-23)32-7-28-10-16(24)26-6-27-17(10)32)3-4-41-46(39,47)44-13-12(35)9(5-34)48-21(13)33-8-29-11-18(33)30-22(25)31-19(11)36/h6-9,12-15,20-21,34-35H,3-5H2,1-2H3,(H6-,24,25,26,27,30,31,36,37,38,39,47)/p+1/t9-,12-,13-,14-,15+,20-,21-,23-,46?/m1/s1. The first kappa shape index (κ1) is 35.1. The molecule has 48 heavy (non-hydrogen) atoms. The molecule has 0 spiro atoms. The second-order valence-electron chi connectivity index (χ2n) is 11.0. The van der Waals surface area contributed by atoms with Gasteiger partial charge in [0.05, 0.1) is 37.2 Å². The number of nitrogens with two attached hydrogens (primary N) is 2. The Morgan fingerprint density at radius 1 is 1.19 bits per heavy atom. The van der Waals surface area contributed by atoms with Gasteiger partial charge in [-0.25, -0.2) is 19.9 Å². The number of aliphatic hydroxyl groups excluding tert-OH is 2. The molecule has 2 aliphatic heterocycles. The van der Waals surface area contributed by atoms with E-state index in [0.717, 1.165) is 11.8 Å². The highest BCUT2D eigenvalue weighted by molar-refractivity contribution is 8.07. The molecule has 21 nitrogen and oxygen atoms in total. The highest BCUT2D eigenvalue weighted by atomic mass is 32.5. The Kier molecular flexibility index (Phi) is 9.88. The van der Waals surface area contributed by atoms with Crippen molar-refractivity contribution in [3.63, 3.8) is 0 Å². The van der Waals surface area contributed by atoms with Crippen LogP contribution in [0.25, 0.3) is 22.3 Å². The number of H-pyrrole nitrogens is 1. The van der Waals surface area contributed by atoms with E-state index in [-0.39, 0.29) is 36.0 Å². The molecule has 2 aliphatic rings. The highest BCUT2D eigenvalue weighted by Gasteiger charge is 2.58. The van der Waals surface area contributed by atoms with Gasteiger partial charge >= 0.3 is 15.0 Å². The predicted molar refractivity (Wildman–Crippen MR) is 172 cm³/mol. The molecule has 0 amide bonds. The van der Waals surface area contributed by atoms with Crippen LogP contribution in [-0.4, -0.2) is 115 Å². The summed E-state index contributed by atoms with van der Waals surface area (Å²) in [5.41, 5.74) is 10.4. The summed E-state index contributed by atoms with van der Waals surface area (Å²) in [6.45, 7) is -3.30. The SMILES string of the molecule is CO[C@H]1[C@H](n2cnc3c(N)ncnc32)O[C@](C)(CCOP(O)(=S)O[C@@H]2[C@H](O)[C@@H](CO)S[C@H]2n2cnc3c(=O)[nH]c(N)nc32)[C@H]1O[P+](=O)O. The van der Waals surface area contributed by atoms with Crippen molar-refractivity contribution < 1.29 is 47.6 Å². The van der Waals surface area contributed by atoms with Gasteiger partial charge in [-0.1, -0.05) is 0 Å². The maximum absolute atomic E-state index is 12.3. The van der Waals surface area contributed by atoms with Crippen LogP contribution in [-0.2, 0) is 39.4 Å². The zero-order valence-corrected chi connectivity index (χ0v) is 28.5. The zero-order valence-electron chi connectivity index (χ0n) is 25.0. The van der Waals surface area contributed by atoms with E-state index in [4.69, 9.17) is 46.3 Å². The molecule has 4 aromatic heterocycles. The van der Waals surface area contributed by atoms with Crippen LogP contribution in [0.1, 0.15) is 24.9 Å². The Balaban J connectivity index is 1.21. The highest BCUT2D eigenvalue weighted by Crippen LogP contribution is 2.54. The topological polar surface area (TPSA) is 303 Å². The number of hydrogen-bond acceptors (Lipinski definition) is 18. The maximum atomic E-state index is 12.3. The molecule has 10 atom stereocenters. The van der Waals surface area contributed by atoms with Crippen molar-refractivity contribution in [3.05, 3.63) is 29.3 Å². The minimum absolute atomic E-state index is 0.0244. The summed E-state index contributed by atoms with van der Waals surface area (Å²) in [6.07, 6.45) is -1.74. The minimum Gasteiger partial charge on any atom is -0.395 e. The van der Waals surface area contributed by atoms with Crippen LogP contribution in [0.5, 0.6) is 0 Å². The van der Waals surface area contributed by atoms with E-state index in [1.165, 1.54) is 35.2 Å². The first-order chi connectivity index (χ1) is 22.8. The van der Waals surface area contributed by atoms with Gasteiger partial charge in [-0.2, -0.15) is 4.98 Å². The van der Waals surface area contributed by atoms with Crippen molar-refractivity contribution in [1.82, 2.24) is 39.0 Å². The van der Waals surface area contributed by atoms with Crippen LogP contribution in [0.2, 0.25) is 0 Å². The molecule has 0 saturated carbocycles. The molecule has 260 valence electrons. The zero-order chi connectivity index (χ0) is 34.5. The van der Waals surface area contributed by atoms with Gasteiger partial charge in [0.1, 0.15) is 35.0 Å². The Bertz CT molecular complexity index is 1950. The van der Waals surface area contributed by atoms with Gasteiger partial charge in [0.2, 0.25) is 5.95 Å². The number of thioether (sulfide) groups is 1. The van der Waals surface area contributed by atoms with Gasteiger partial charge in [0.25, 0.3) is 5.56 Å². The fourth-order valence-electron chi connectivity index (χ4n) is 5.77. The molecule has 2 unspecified atom stereocenters. The van der Waals surface area contributed by atoms with Crippen molar-refractivity contribution in [1.29, 1.82) is 0 Å². The fraction of sp³-hybridized carbons (Fsp3) is 0.565. The smallest absolute Gasteiger partial charge is 0.395 e. The molecule has 6 rings (SSSR count). The predicted octanol–water partition coefficient (Wildman–Crippen LogP) is -0.563. The summed E-state index contributed by atoms with van der Waals surface area (Å²) in [6, 6.07) is 0. The van der Waals surface area contributed by atoms with Crippen LogP contribution < -0.4 is 17.0 Å². The molecule has 0 aromatic carbocycles. The Labute approximate surface area is 280 Å². The monoisotopic (exact) mass is 749 g/mol. The number of aromatic amines is 1. The number of nitrogen functional groups attached to an aromatic ring is 2. The molecule has 2 fully saturated rings. The number of nitrogens with one attached hydrogen (secondary N) is 1. The van der Waals surface area contributed by atoms with E-state index < -0.39 is 74.0 Å². The molecule has 0 radical (unpaired) electrons. The van der Waals surface area contributed by atoms with E-state index in [9.17, 15) is 29.4 Å². The normalized spacial score (nSPS) is 30.7. The lowest BCUT2D eigenvalue weighted by Gasteiger charge is -2.29. The average molecular weight is 750 g/mol. The Morgan fingerprint density at radius 2 is 1.92 bits per heavy atom. The maximum Gasteiger partial charge on any atom is 0.695 e. The van der Waals surface area contributed by atoms with E-state index in [1.807, 2.05) is 0 Å². The second-order valence-corrected chi connectivity index (χ2v) is 15.8. The average Bonchev–Trinajstić information content (AvgIpc) is 3.77. The largest absolute Gasteiger partial charge is 0.695 e. The van der Waals surface area contributed by atoms with Gasteiger partial charge in [-0.15, -0.1) is 21.2 Å². The molecular formula is C23H31N10O11P2S2+. The van der Waals surface area contributed by atoms with Crippen molar-refractivity contribution in [2.45, 2.75) is 60.2 Å². The van der Waals surface area contributed by atoms with Gasteiger partial charge < -0.3 is 40.6 Å². The Hall–Kier alpha value is -2.76. The number of fused-ring (bicyclic) bond motifs is 2. The number of aromatic nitrogens is 8. The number of methoxy groups -OCH3 is 1. The lowest BCUT2D eigenvalue weighted by molar-refractivity contribution is -0.0988. The van der Waals surface area contributed by atoms with E-state index in [0.29, 0.717) is 11.2 Å². The van der Waals surface area contributed by atoms with E-state index in [2.05, 4.69) is 29.9 Å². The second kappa shape index (κ2) is 13.5. The number of anilines is 2. The number of aliphatic hydroxyl groups is 2. The van der Waals surface area contributed by atoms with E-state index >= 15 is 0 Å². The molecule has 9 N–H and O–H groups in total. The first-order valence-electron chi connectivity index (χ1n) is 14.1. The van der Waals surface area contributed by atoms with Gasteiger partial charge in [-0.05, 0) is 18.7 Å². The third-order valence-corrected chi connectivity index (χ3v) is 11.6. The molecule has 6 heterocycles. The number of rotatable bonds is 12. The molecule has 4 aromatic rings. The van der Waals surface area contributed by atoms with Crippen molar-refractivity contribution >= 4 is 72.6 Å². The van der Waals surface area contributed by atoms with Crippen molar-refractivity contribution in [3.8, 4) is 0 Å². The summed E-state index contributed by atoms with van der Waals surface area (Å²) in [5.74, 6) is -0.0350. The summed E-state index contributed by atoms with van der Waals surface area (Å²) >= 11 is 6.39. The fourth-order valence-corrected chi connectivity index (χ4v) is 9.26. The minimum atomic E-state index is -4.14. The van der Waals surface area contributed by atoms with Crippen LogP contribution in [0.4, 0.5) is 11.8 Å². The lowest BCUT2D eigenvalue weighted by Crippen LogP contribution is -2.43. The summed E-state index contributed by atoms with van der Waals surface area (Å²) in [7, 11) is -1.74. The number of imidazole rings is 2. The van der Waals surface area contributed by atoms with E-state index in [1.54, 1.807) is 6.92 Å². The number of nitrogens with zero attached hydrogens (tertiary/aromatic N) is 7. The molecule has 0 bridgehead atoms. The van der Waals surface area contributed by atoms with Gasteiger partial charge in [0.15, 0.2) is 35.0 Å². The third-order valence-electron chi connectivity index (χ3n) is 8.03. The molecular weight excluding hydrogens is 718 g/mol. The summed E-state index contributed by atoms with van der Waals surface area (Å²) in [4.78, 5) is 56.2. The lowest BCUT2D eigenvalue weighted by atomic mass is 9.94. The van der Waals surface area contributed by atoms with Crippen LogP contribution in [0, 0.1) is 0 Å². The number of hydrogen-bond donors (Lipinski definition) is 7. The first-order valence-corrected chi connectivity index (χ1v) is 18.7. The van der Waals surface area contributed by atoms with Crippen molar-refractivity contribution in [2.24, 2.45) is 0 Å². The Morgan fingerprint density at radius 3 is 2.62 bits per heavy atom. The third kappa shape index (κ3) is 6.47.